The van der Waals surface area contributed by atoms with Crippen molar-refractivity contribution in [1.29, 1.82) is 0 Å². The van der Waals surface area contributed by atoms with Gasteiger partial charge in [0.2, 0.25) is 0 Å². The molecule has 0 saturated carbocycles. The first kappa shape index (κ1) is 18.7. The van der Waals surface area contributed by atoms with E-state index >= 15 is 0 Å². The molecule has 6 nitrogen and oxygen atoms in total. The Labute approximate surface area is 167 Å². The fraction of sp³-hybridized carbons (Fsp3) is 0.381. The van der Waals surface area contributed by atoms with E-state index in [2.05, 4.69) is 5.10 Å². The number of hydrogen-bond donors (Lipinski definition) is 1. The Kier molecular flexibility index (Phi) is 5.17. The number of aromatic nitrogens is 2. The number of aryl methyl sites for hydroxylation is 1. The molecule has 0 radical (unpaired) electrons. The van der Waals surface area contributed by atoms with Gasteiger partial charge in [0.05, 0.1) is 16.3 Å². The highest BCUT2D eigenvalue weighted by atomic mass is 32.1. The van der Waals surface area contributed by atoms with Crippen LogP contribution in [-0.2, 0) is 4.79 Å². The van der Waals surface area contributed by atoms with Crippen LogP contribution in [0.5, 0.6) is 0 Å². The molecule has 28 heavy (non-hydrogen) atoms. The van der Waals surface area contributed by atoms with Gasteiger partial charge in [-0.2, -0.15) is 5.10 Å². The number of carboxylic acids is 1. The fourth-order valence-corrected chi connectivity index (χ4v) is 5.02. The molecule has 7 heteroatoms. The number of rotatable bonds is 5. The molecule has 0 aliphatic carbocycles. The van der Waals surface area contributed by atoms with Gasteiger partial charge in [0.1, 0.15) is 4.83 Å². The number of carbonyl (C=O) groups excluding carboxylic acids is 1. The van der Waals surface area contributed by atoms with Gasteiger partial charge in [-0.1, -0.05) is 18.2 Å². The molecule has 1 aliphatic heterocycles. The van der Waals surface area contributed by atoms with Crippen molar-refractivity contribution in [3.05, 3.63) is 47.0 Å². The molecule has 4 rings (SSSR count). The first-order chi connectivity index (χ1) is 13.5. The van der Waals surface area contributed by atoms with E-state index in [1.807, 2.05) is 52.9 Å². The van der Waals surface area contributed by atoms with Crippen molar-refractivity contribution < 1.29 is 14.7 Å². The number of carboxylic acid groups (broad SMARTS) is 1. The number of amides is 1. The number of benzene rings is 1. The lowest BCUT2D eigenvalue weighted by Gasteiger charge is -2.32. The minimum atomic E-state index is -0.770. The highest BCUT2D eigenvalue weighted by molar-refractivity contribution is 7.20. The monoisotopic (exact) mass is 397 g/mol. The summed E-state index contributed by atoms with van der Waals surface area (Å²) in [6, 6.07) is 11.9. The van der Waals surface area contributed by atoms with Crippen molar-refractivity contribution in [2.75, 3.05) is 13.1 Å². The predicted octanol–water partition coefficient (Wildman–Crippen LogP) is 4.11. The lowest BCUT2D eigenvalue weighted by Crippen LogP contribution is -2.39. The fourth-order valence-electron chi connectivity index (χ4n) is 3.87. The largest absolute Gasteiger partial charge is 0.481 e. The Hall–Kier alpha value is -2.67. The summed E-state index contributed by atoms with van der Waals surface area (Å²) in [4.78, 5) is 27.5. The summed E-state index contributed by atoms with van der Waals surface area (Å²) >= 11 is 1.48. The molecule has 1 fully saturated rings. The zero-order valence-electron chi connectivity index (χ0n) is 15.8. The second kappa shape index (κ2) is 7.75. The number of aliphatic carboxylic acids is 1. The van der Waals surface area contributed by atoms with E-state index in [0.717, 1.165) is 45.9 Å². The molecule has 1 amide bonds. The maximum Gasteiger partial charge on any atom is 0.303 e. The SMILES string of the molecule is Cc1nn(-c2ccccc2)c2sc(C(=O)N3CCCC(CCC(=O)O)C3)cc12. The Morgan fingerprint density at radius 2 is 2.07 bits per heavy atom. The van der Waals surface area contributed by atoms with Crippen LogP contribution in [0.2, 0.25) is 0 Å². The Morgan fingerprint density at radius 1 is 1.29 bits per heavy atom. The van der Waals surface area contributed by atoms with Crippen LogP contribution < -0.4 is 0 Å². The Balaban J connectivity index is 1.57. The number of para-hydroxylation sites is 1. The van der Waals surface area contributed by atoms with E-state index < -0.39 is 5.97 Å². The van der Waals surface area contributed by atoms with Crippen LogP contribution in [0.3, 0.4) is 0 Å². The second-order valence-corrected chi connectivity index (χ2v) is 8.38. The van der Waals surface area contributed by atoms with Crippen LogP contribution in [0.1, 0.15) is 41.0 Å². The third-order valence-corrected chi connectivity index (χ3v) is 6.43. The van der Waals surface area contributed by atoms with Gasteiger partial charge in [-0.3, -0.25) is 9.59 Å². The van der Waals surface area contributed by atoms with Crippen LogP contribution >= 0.6 is 11.3 Å². The van der Waals surface area contributed by atoms with Crippen molar-refractivity contribution in [1.82, 2.24) is 14.7 Å². The van der Waals surface area contributed by atoms with Crippen LogP contribution in [0.25, 0.3) is 15.9 Å². The van der Waals surface area contributed by atoms with Crippen molar-refractivity contribution in [2.24, 2.45) is 5.92 Å². The standard InChI is InChI=1S/C21H23N3O3S/c1-14-17-12-18(28-21(17)24(22-14)16-7-3-2-4-8-16)20(27)23-11-5-6-15(13-23)9-10-19(25)26/h2-4,7-8,12,15H,5-6,9-11,13H2,1H3,(H,25,26). The normalized spacial score (nSPS) is 17.2. The third kappa shape index (κ3) is 3.67. The molecule has 1 saturated heterocycles. The summed E-state index contributed by atoms with van der Waals surface area (Å²) in [5, 5.41) is 14.6. The van der Waals surface area contributed by atoms with Crippen molar-refractivity contribution in [2.45, 2.75) is 32.6 Å². The minimum absolute atomic E-state index is 0.0419. The molecule has 1 atom stereocenters. The number of hydrogen-bond acceptors (Lipinski definition) is 4. The Morgan fingerprint density at radius 3 is 2.82 bits per heavy atom. The molecule has 1 N–H and O–H groups in total. The maximum absolute atomic E-state index is 13.1. The van der Waals surface area contributed by atoms with Gasteiger partial charge in [0.25, 0.3) is 5.91 Å². The summed E-state index contributed by atoms with van der Waals surface area (Å²) < 4.78 is 1.90. The first-order valence-corrected chi connectivity index (χ1v) is 10.4. The van der Waals surface area contributed by atoms with Crippen molar-refractivity contribution in [3.8, 4) is 5.69 Å². The number of nitrogens with zero attached hydrogens (tertiary/aromatic N) is 3. The summed E-state index contributed by atoms with van der Waals surface area (Å²) in [6.45, 7) is 3.34. The zero-order valence-corrected chi connectivity index (χ0v) is 16.6. The first-order valence-electron chi connectivity index (χ1n) is 9.58. The van der Waals surface area contributed by atoms with Crippen molar-refractivity contribution in [3.63, 3.8) is 0 Å². The molecule has 3 heterocycles. The summed E-state index contributed by atoms with van der Waals surface area (Å²) in [7, 11) is 0. The lowest BCUT2D eigenvalue weighted by atomic mass is 9.93. The van der Waals surface area contributed by atoms with Gasteiger partial charge in [-0.05, 0) is 50.3 Å². The highest BCUT2D eigenvalue weighted by Gasteiger charge is 2.27. The van der Waals surface area contributed by atoms with Crippen LogP contribution in [0.4, 0.5) is 0 Å². The van der Waals surface area contributed by atoms with Crippen molar-refractivity contribution >= 4 is 33.4 Å². The molecule has 2 aromatic heterocycles. The average Bonchev–Trinajstić information content (AvgIpc) is 3.27. The maximum atomic E-state index is 13.1. The number of thiophene rings is 1. The number of piperidine rings is 1. The molecule has 3 aromatic rings. The molecular formula is C21H23N3O3S. The topological polar surface area (TPSA) is 75.4 Å². The molecule has 146 valence electrons. The predicted molar refractivity (Wildman–Crippen MR) is 109 cm³/mol. The van der Waals surface area contributed by atoms with Gasteiger partial charge in [-0.25, -0.2) is 4.68 Å². The van der Waals surface area contributed by atoms with Gasteiger partial charge in [0.15, 0.2) is 0 Å². The molecule has 0 bridgehead atoms. The smallest absolute Gasteiger partial charge is 0.303 e. The number of likely N-dealkylation sites (tertiary alicyclic amines) is 1. The van der Waals surface area contributed by atoms with E-state index in [4.69, 9.17) is 5.11 Å². The van der Waals surface area contributed by atoms with Crippen LogP contribution in [0.15, 0.2) is 36.4 Å². The molecule has 0 spiro atoms. The second-order valence-electron chi connectivity index (χ2n) is 7.35. The molecule has 1 unspecified atom stereocenters. The molecule has 1 aromatic carbocycles. The van der Waals surface area contributed by atoms with Gasteiger partial charge in [0, 0.05) is 24.9 Å². The van der Waals surface area contributed by atoms with E-state index in [1.165, 1.54) is 11.3 Å². The number of carbonyl (C=O) groups is 2. The van der Waals surface area contributed by atoms with E-state index in [-0.39, 0.29) is 18.2 Å². The summed E-state index contributed by atoms with van der Waals surface area (Å²) in [5.41, 5.74) is 1.89. The zero-order chi connectivity index (χ0) is 19.7. The lowest BCUT2D eigenvalue weighted by molar-refractivity contribution is -0.137. The van der Waals surface area contributed by atoms with E-state index in [1.54, 1.807) is 0 Å². The molecule has 1 aliphatic rings. The Bertz CT molecular complexity index is 1010. The van der Waals surface area contributed by atoms with Gasteiger partial charge >= 0.3 is 5.97 Å². The van der Waals surface area contributed by atoms with Gasteiger partial charge in [-0.15, -0.1) is 11.3 Å². The number of fused-ring (bicyclic) bond motifs is 1. The summed E-state index contributed by atoms with van der Waals surface area (Å²) in [6.07, 6.45) is 2.72. The molecular weight excluding hydrogens is 374 g/mol. The van der Waals surface area contributed by atoms with Crippen LogP contribution in [-0.4, -0.2) is 44.8 Å². The summed E-state index contributed by atoms with van der Waals surface area (Å²) in [5.74, 6) is -0.459. The van der Waals surface area contributed by atoms with Crippen LogP contribution in [0, 0.1) is 12.8 Å². The highest BCUT2D eigenvalue weighted by Crippen LogP contribution is 2.32. The third-order valence-electron chi connectivity index (χ3n) is 5.33. The average molecular weight is 398 g/mol. The van der Waals surface area contributed by atoms with E-state index in [9.17, 15) is 9.59 Å². The quantitative estimate of drug-likeness (QED) is 0.703. The van der Waals surface area contributed by atoms with E-state index in [0.29, 0.717) is 13.0 Å². The minimum Gasteiger partial charge on any atom is -0.481 e. The van der Waals surface area contributed by atoms with Gasteiger partial charge < -0.3 is 10.0 Å².